The molecule has 1 saturated heterocycles. The van der Waals surface area contributed by atoms with Crippen LogP contribution in [0.5, 0.6) is 0 Å². The Morgan fingerprint density at radius 3 is 3.00 bits per heavy atom. The molecule has 0 aliphatic carbocycles. The van der Waals surface area contributed by atoms with Gasteiger partial charge in [0, 0.05) is 25.9 Å². The maximum atomic E-state index is 12.4. The summed E-state index contributed by atoms with van der Waals surface area (Å²) in [5.74, 6) is 0.114. The van der Waals surface area contributed by atoms with E-state index < -0.39 is 0 Å². The molecule has 0 saturated carbocycles. The zero-order chi connectivity index (χ0) is 21.5. The molecule has 1 unspecified atom stereocenters. The Morgan fingerprint density at radius 1 is 1.47 bits per heavy atom. The number of thiazole rings is 1. The number of carbonyl (C=O) groups is 3. The molecule has 12 heteroatoms. The Kier molecular flexibility index (Phi) is 7.01. The number of hydrogen-bond acceptors (Lipinski definition) is 8. The lowest BCUT2D eigenvalue weighted by Gasteiger charge is -2.13. The van der Waals surface area contributed by atoms with Gasteiger partial charge >= 0.3 is 0 Å². The molecule has 3 aromatic rings. The van der Waals surface area contributed by atoms with E-state index in [1.54, 1.807) is 4.90 Å². The zero-order valence-electron chi connectivity index (χ0n) is 16.2. The predicted molar refractivity (Wildman–Crippen MR) is 109 cm³/mol. The van der Waals surface area contributed by atoms with Gasteiger partial charge in [-0.05, 0) is 31.0 Å². The number of H-pyrrole nitrogens is 1. The molecule has 11 nitrogen and oxygen atoms in total. The average Bonchev–Trinajstić information content (AvgIpc) is 3.44. The standard InChI is InChI=1S/C17H19N7O2S.CH2O2/c1-10-4-5-12-13(7-10)27-17(19-12)24-9-11(8-15(24)25)16(26)18-6-2-3-14-20-22-23-21-14;2-1-3/h4-5,7,11H,2-3,6,8-9H2,1H3,(H,18,26)(H,20,21,22,23);1H,(H,2,3). The van der Waals surface area contributed by atoms with Crippen molar-refractivity contribution in [1.29, 1.82) is 0 Å². The minimum Gasteiger partial charge on any atom is -0.483 e. The van der Waals surface area contributed by atoms with E-state index in [1.165, 1.54) is 11.3 Å². The van der Waals surface area contributed by atoms with Gasteiger partial charge in [-0.2, -0.15) is 5.21 Å². The third-order valence-electron chi connectivity index (χ3n) is 4.52. The summed E-state index contributed by atoms with van der Waals surface area (Å²) >= 11 is 1.49. The van der Waals surface area contributed by atoms with Crippen molar-refractivity contribution in [3.05, 3.63) is 29.6 Å². The van der Waals surface area contributed by atoms with Crippen LogP contribution in [0.4, 0.5) is 5.13 Å². The molecule has 3 heterocycles. The third kappa shape index (κ3) is 5.14. The number of fused-ring (bicyclic) bond motifs is 1. The molecule has 1 aliphatic rings. The number of carboxylic acid groups (broad SMARTS) is 1. The second-order valence-corrected chi connectivity index (χ2v) is 7.71. The molecule has 0 spiro atoms. The quantitative estimate of drug-likeness (QED) is 0.384. The van der Waals surface area contributed by atoms with Crippen molar-refractivity contribution >= 4 is 45.0 Å². The van der Waals surface area contributed by atoms with Gasteiger partial charge in [-0.3, -0.25) is 19.3 Å². The largest absolute Gasteiger partial charge is 0.483 e. The lowest BCUT2D eigenvalue weighted by Crippen LogP contribution is -2.33. The molecule has 4 rings (SSSR count). The Labute approximate surface area is 175 Å². The van der Waals surface area contributed by atoms with Crippen LogP contribution in [0.25, 0.3) is 10.2 Å². The molecule has 1 fully saturated rings. The second-order valence-electron chi connectivity index (χ2n) is 6.70. The highest BCUT2D eigenvalue weighted by molar-refractivity contribution is 7.22. The van der Waals surface area contributed by atoms with Crippen molar-refractivity contribution in [2.45, 2.75) is 26.2 Å². The van der Waals surface area contributed by atoms with Crippen LogP contribution in [-0.4, -0.2) is 62.1 Å². The van der Waals surface area contributed by atoms with Gasteiger partial charge in [-0.1, -0.05) is 22.6 Å². The molecule has 2 amide bonds. The summed E-state index contributed by atoms with van der Waals surface area (Å²) in [6.45, 7) is 2.66. The fourth-order valence-corrected chi connectivity index (χ4v) is 4.18. The highest BCUT2D eigenvalue weighted by Gasteiger charge is 2.36. The van der Waals surface area contributed by atoms with Gasteiger partial charge in [0.2, 0.25) is 11.8 Å². The molecule has 1 atom stereocenters. The van der Waals surface area contributed by atoms with Gasteiger partial charge in [0.25, 0.3) is 6.47 Å². The zero-order valence-corrected chi connectivity index (χ0v) is 17.1. The summed E-state index contributed by atoms with van der Waals surface area (Å²) in [5.41, 5.74) is 2.03. The minimum absolute atomic E-state index is 0.0577. The summed E-state index contributed by atoms with van der Waals surface area (Å²) in [5, 5.41) is 24.1. The number of nitrogens with one attached hydrogen (secondary N) is 2. The molecular formula is C18H21N7O4S. The summed E-state index contributed by atoms with van der Waals surface area (Å²) in [6, 6.07) is 6.02. The summed E-state index contributed by atoms with van der Waals surface area (Å²) in [7, 11) is 0. The first-order valence-electron chi connectivity index (χ1n) is 9.27. The number of aryl methyl sites for hydroxylation is 2. The van der Waals surface area contributed by atoms with Crippen LogP contribution in [0, 0.1) is 12.8 Å². The molecule has 1 aromatic carbocycles. The minimum atomic E-state index is -0.351. The molecule has 158 valence electrons. The van der Waals surface area contributed by atoms with Crippen LogP contribution < -0.4 is 10.2 Å². The number of aromatic amines is 1. The van der Waals surface area contributed by atoms with Crippen molar-refractivity contribution in [3.63, 3.8) is 0 Å². The number of anilines is 1. The van der Waals surface area contributed by atoms with Gasteiger partial charge < -0.3 is 10.4 Å². The maximum absolute atomic E-state index is 12.4. The van der Waals surface area contributed by atoms with Crippen molar-refractivity contribution in [3.8, 4) is 0 Å². The Morgan fingerprint density at radius 2 is 2.27 bits per heavy atom. The number of aromatic nitrogens is 5. The topological polar surface area (TPSA) is 154 Å². The molecule has 3 N–H and O–H groups in total. The Hall–Kier alpha value is -3.41. The maximum Gasteiger partial charge on any atom is 0.290 e. The van der Waals surface area contributed by atoms with E-state index in [9.17, 15) is 9.59 Å². The van der Waals surface area contributed by atoms with Gasteiger partial charge in [-0.25, -0.2) is 4.98 Å². The Balaban J connectivity index is 0.000000806. The molecular weight excluding hydrogens is 410 g/mol. The van der Waals surface area contributed by atoms with Gasteiger partial charge in [0.05, 0.1) is 16.1 Å². The van der Waals surface area contributed by atoms with Crippen molar-refractivity contribution < 1.29 is 19.5 Å². The smallest absolute Gasteiger partial charge is 0.290 e. The lowest BCUT2D eigenvalue weighted by molar-refractivity contribution is -0.126. The van der Waals surface area contributed by atoms with E-state index in [0.29, 0.717) is 36.9 Å². The molecule has 30 heavy (non-hydrogen) atoms. The number of carbonyl (C=O) groups excluding carboxylic acids is 2. The van der Waals surface area contributed by atoms with Crippen LogP contribution in [0.15, 0.2) is 18.2 Å². The fraction of sp³-hybridized carbons (Fsp3) is 0.389. The molecule has 0 radical (unpaired) electrons. The molecule has 1 aliphatic heterocycles. The summed E-state index contributed by atoms with van der Waals surface area (Å²) in [4.78, 5) is 39.3. The first kappa shape index (κ1) is 21.3. The van der Waals surface area contributed by atoms with Gasteiger partial charge in [0.1, 0.15) is 0 Å². The van der Waals surface area contributed by atoms with E-state index in [1.807, 2.05) is 19.1 Å². The number of tetrazole rings is 1. The summed E-state index contributed by atoms with van der Waals surface area (Å²) in [6.07, 6.45) is 1.57. The number of hydrogen-bond donors (Lipinski definition) is 3. The van der Waals surface area contributed by atoms with Crippen LogP contribution in [-0.2, 0) is 20.8 Å². The van der Waals surface area contributed by atoms with Gasteiger partial charge in [0.15, 0.2) is 11.0 Å². The number of benzene rings is 1. The highest BCUT2D eigenvalue weighted by Crippen LogP contribution is 2.33. The van der Waals surface area contributed by atoms with Crippen LogP contribution in [0.2, 0.25) is 0 Å². The van der Waals surface area contributed by atoms with E-state index >= 15 is 0 Å². The van der Waals surface area contributed by atoms with Crippen LogP contribution >= 0.6 is 11.3 Å². The van der Waals surface area contributed by atoms with Crippen LogP contribution in [0.3, 0.4) is 0 Å². The predicted octanol–water partition coefficient (Wildman–Crippen LogP) is 0.921. The van der Waals surface area contributed by atoms with Gasteiger partial charge in [-0.15, -0.1) is 10.2 Å². The fourth-order valence-electron chi connectivity index (χ4n) is 3.09. The number of amides is 2. The molecule has 2 aromatic heterocycles. The first-order valence-corrected chi connectivity index (χ1v) is 10.1. The van der Waals surface area contributed by atoms with E-state index in [4.69, 9.17) is 9.90 Å². The number of nitrogens with zero attached hydrogens (tertiary/aromatic N) is 5. The molecule has 0 bridgehead atoms. The van der Waals surface area contributed by atoms with E-state index in [0.717, 1.165) is 15.8 Å². The monoisotopic (exact) mass is 431 g/mol. The average molecular weight is 431 g/mol. The number of rotatable bonds is 6. The SMILES string of the molecule is Cc1ccc2nc(N3CC(C(=O)NCCCc4nn[nH]n4)CC3=O)sc2c1.O=CO. The normalized spacial score (nSPS) is 15.7. The van der Waals surface area contributed by atoms with E-state index in [2.05, 4.69) is 37.0 Å². The first-order chi connectivity index (χ1) is 14.5. The van der Waals surface area contributed by atoms with Crippen molar-refractivity contribution in [2.75, 3.05) is 18.0 Å². The van der Waals surface area contributed by atoms with E-state index in [-0.39, 0.29) is 30.6 Å². The third-order valence-corrected chi connectivity index (χ3v) is 5.57. The van der Waals surface area contributed by atoms with Crippen molar-refractivity contribution in [2.24, 2.45) is 5.92 Å². The highest BCUT2D eigenvalue weighted by atomic mass is 32.1. The second kappa shape index (κ2) is 9.87. The lowest BCUT2D eigenvalue weighted by atomic mass is 10.1. The Bertz CT molecular complexity index is 1020. The van der Waals surface area contributed by atoms with Crippen LogP contribution in [0.1, 0.15) is 24.2 Å². The van der Waals surface area contributed by atoms with Crippen molar-refractivity contribution in [1.82, 2.24) is 30.9 Å². The summed E-state index contributed by atoms with van der Waals surface area (Å²) < 4.78 is 1.05.